The summed E-state index contributed by atoms with van der Waals surface area (Å²) in [4.78, 5) is 0. The van der Waals surface area contributed by atoms with Crippen molar-refractivity contribution in [3.05, 3.63) is 46.9 Å². The van der Waals surface area contributed by atoms with Gasteiger partial charge in [0.15, 0.2) is 0 Å². The van der Waals surface area contributed by atoms with E-state index in [-0.39, 0.29) is 11.5 Å². The third-order valence-corrected chi connectivity index (χ3v) is 12.7. The summed E-state index contributed by atoms with van der Waals surface area (Å²) in [6.45, 7) is 4.19. The van der Waals surface area contributed by atoms with Gasteiger partial charge in [0.2, 0.25) is 0 Å². The molecule has 0 saturated carbocycles. The summed E-state index contributed by atoms with van der Waals surface area (Å²) in [5.41, 5.74) is 1.40. The van der Waals surface area contributed by atoms with Gasteiger partial charge in [-0.15, -0.1) is 0 Å². The van der Waals surface area contributed by atoms with Crippen molar-refractivity contribution in [2.24, 2.45) is 0 Å². The van der Waals surface area contributed by atoms with Crippen LogP contribution in [0.4, 0.5) is 0 Å². The van der Waals surface area contributed by atoms with E-state index in [9.17, 15) is 10.2 Å². The van der Waals surface area contributed by atoms with Crippen LogP contribution in [-0.4, -0.2) is 10.2 Å². The van der Waals surface area contributed by atoms with Crippen molar-refractivity contribution in [2.45, 2.75) is 25.7 Å². The molecule has 10 heteroatoms. The lowest BCUT2D eigenvalue weighted by Gasteiger charge is -2.35. The highest BCUT2D eigenvalue weighted by Crippen LogP contribution is 2.57. The van der Waals surface area contributed by atoms with Crippen LogP contribution in [0.3, 0.4) is 0 Å². The third kappa shape index (κ3) is 3.81. The van der Waals surface area contributed by atoms with Gasteiger partial charge in [0, 0.05) is 23.3 Å². The van der Waals surface area contributed by atoms with E-state index >= 15 is 0 Å². The molecule has 0 fully saturated rings. The molecule has 0 atom stereocenters. The van der Waals surface area contributed by atoms with Crippen molar-refractivity contribution >= 4 is 127 Å². The van der Waals surface area contributed by atoms with E-state index in [1.807, 2.05) is 0 Å². The zero-order valence-corrected chi connectivity index (χ0v) is 25.8. The molecule has 0 unspecified atom stereocenters. The maximum Gasteiger partial charge on any atom is 0.146 e. The van der Waals surface area contributed by atoms with Gasteiger partial charge >= 0.3 is 0 Å². The van der Waals surface area contributed by atoms with Crippen LogP contribution in [0.15, 0.2) is 35.8 Å². The topological polar surface area (TPSA) is 40.5 Å². The Labute approximate surface area is 218 Å². The average molecular weight is 873 g/mol. The molecule has 0 radical (unpaired) electrons. The fraction of sp³-hybridized carbons (Fsp3) is 0.250. The van der Waals surface area contributed by atoms with Gasteiger partial charge in [0.25, 0.3) is 0 Å². The second kappa shape index (κ2) is 8.94. The highest BCUT2D eigenvalue weighted by atomic mass is 79.9. The predicted octanol–water partition coefficient (Wildman–Crippen LogP) is 9.91. The van der Waals surface area contributed by atoms with Gasteiger partial charge < -0.3 is 10.2 Å². The average Bonchev–Trinajstić information content (AvgIpc) is 2.61. The molecule has 142 valence electrons. The molecule has 2 aromatic rings. The van der Waals surface area contributed by atoms with Gasteiger partial charge in [-0.05, 0) is 145 Å². The largest absolute Gasteiger partial charge is 0.505 e. The van der Waals surface area contributed by atoms with Crippen LogP contribution < -0.4 is 0 Å². The Hall–Kier alpha value is 1.88. The number of aromatic hydroxyl groups is 2. The number of phenols is 2. The molecule has 2 rings (SSSR count). The van der Waals surface area contributed by atoms with E-state index in [1.165, 1.54) is 0 Å². The van der Waals surface area contributed by atoms with E-state index in [2.05, 4.69) is 141 Å². The van der Waals surface area contributed by atoms with Crippen molar-refractivity contribution < 1.29 is 10.2 Å². The molecule has 0 spiro atoms. The fourth-order valence-corrected chi connectivity index (χ4v) is 8.63. The monoisotopic (exact) mass is 865 g/mol. The molecule has 0 heterocycles. The summed E-state index contributed by atoms with van der Waals surface area (Å²) in [7, 11) is 0. The molecule has 0 amide bonds. The van der Waals surface area contributed by atoms with Gasteiger partial charge in [-0.1, -0.05) is 13.8 Å². The maximum atomic E-state index is 10.3. The maximum absolute atomic E-state index is 10.3. The highest BCUT2D eigenvalue weighted by Gasteiger charge is 2.39. The van der Waals surface area contributed by atoms with Crippen molar-refractivity contribution in [1.82, 2.24) is 0 Å². The first kappa shape index (κ1) is 24.2. The third-order valence-electron chi connectivity index (χ3n) is 4.29. The summed E-state index contributed by atoms with van der Waals surface area (Å²) in [6, 6.07) is 0. The van der Waals surface area contributed by atoms with Gasteiger partial charge in [-0.2, -0.15) is 0 Å². The van der Waals surface area contributed by atoms with Crippen LogP contribution in [-0.2, 0) is 5.41 Å². The highest BCUT2D eigenvalue weighted by molar-refractivity contribution is 9.14. The Bertz CT molecular complexity index is 783. The zero-order chi connectivity index (χ0) is 20.1. The second-order valence-corrected chi connectivity index (χ2v) is 12.0. The van der Waals surface area contributed by atoms with Crippen LogP contribution in [0.2, 0.25) is 0 Å². The van der Waals surface area contributed by atoms with Crippen LogP contribution in [0.1, 0.15) is 31.4 Å². The Kier molecular flexibility index (Phi) is 8.30. The normalized spacial score (nSPS) is 11.9. The number of benzene rings is 2. The summed E-state index contributed by atoms with van der Waals surface area (Å²) >= 11 is 28.3. The molecule has 0 aliphatic carbocycles. The summed E-state index contributed by atoms with van der Waals surface area (Å²) in [5, 5.41) is 20.6. The van der Waals surface area contributed by atoms with E-state index < -0.39 is 5.41 Å². The van der Waals surface area contributed by atoms with Gasteiger partial charge in [0.05, 0.1) is 17.9 Å². The summed E-state index contributed by atoms with van der Waals surface area (Å²) < 4.78 is 5.22. The van der Waals surface area contributed by atoms with Gasteiger partial charge in [-0.25, -0.2) is 0 Å². The molecule has 0 aromatic heterocycles. The second-order valence-electron chi connectivity index (χ2n) is 5.64. The Morgan fingerprint density at radius 1 is 0.577 bits per heavy atom. The number of halogens is 8. The summed E-state index contributed by atoms with van der Waals surface area (Å²) in [6.07, 6.45) is 0.745. The minimum atomic E-state index is -0.493. The van der Waals surface area contributed by atoms with Crippen molar-refractivity contribution in [3.8, 4) is 11.5 Å². The van der Waals surface area contributed by atoms with Crippen molar-refractivity contribution in [2.75, 3.05) is 0 Å². The number of rotatable bonds is 3. The van der Waals surface area contributed by atoms with Crippen LogP contribution >= 0.6 is 127 Å². The number of hydrogen-bond donors (Lipinski definition) is 2. The molecular formula is C16H10Br8O2. The van der Waals surface area contributed by atoms with Crippen molar-refractivity contribution in [3.63, 3.8) is 0 Å². The summed E-state index contributed by atoms with van der Waals surface area (Å²) in [5.74, 6) is 0.217. The molecular weight excluding hydrogens is 863 g/mol. The van der Waals surface area contributed by atoms with Crippen LogP contribution in [0.25, 0.3) is 0 Å². The van der Waals surface area contributed by atoms with Crippen LogP contribution in [0, 0.1) is 0 Å². The molecule has 0 bridgehead atoms. The smallest absolute Gasteiger partial charge is 0.146 e. The SMILES string of the molecule is CCC(C)(c1c(Br)c(Br)c(O)c(Br)c1Br)c1c(Br)c(Br)c(O)c(Br)c1Br. The Morgan fingerprint density at radius 3 is 1.00 bits per heavy atom. The minimum Gasteiger partial charge on any atom is -0.505 e. The lowest BCUT2D eigenvalue weighted by molar-refractivity contribution is 0.462. The first-order valence-corrected chi connectivity index (χ1v) is 13.4. The molecule has 26 heavy (non-hydrogen) atoms. The molecule has 2 nitrogen and oxygen atoms in total. The van der Waals surface area contributed by atoms with E-state index in [0.717, 1.165) is 35.4 Å². The van der Waals surface area contributed by atoms with E-state index in [1.54, 1.807) is 0 Å². The minimum absolute atomic E-state index is 0.108. The number of hydrogen-bond acceptors (Lipinski definition) is 2. The van der Waals surface area contributed by atoms with Crippen molar-refractivity contribution in [1.29, 1.82) is 0 Å². The van der Waals surface area contributed by atoms with E-state index in [4.69, 9.17) is 0 Å². The first-order valence-electron chi connectivity index (χ1n) is 7.02. The molecule has 0 aliphatic heterocycles. The molecule has 2 N–H and O–H groups in total. The zero-order valence-electron chi connectivity index (χ0n) is 13.1. The van der Waals surface area contributed by atoms with Crippen LogP contribution in [0.5, 0.6) is 11.5 Å². The molecule has 0 saturated heterocycles. The predicted molar refractivity (Wildman–Crippen MR) is 135 cm³/mol. The lowest BCUT2D eigenvalue weighted by Crippen LogP contribution is -2.26. The van der Waals surface area contributed by atoms with Gasteiger partial charge in [0.1, 0.15) is 11.5 Å². The first-order chi connectivity index (χ1) is 11.9. The molecule has 2 aromatic carbocycles. The Morgan fingerprint density at radius 2 is 0.808 bits per heavy atom. The fourth-order valence-electron chi connectivity index (χ4n) is 2.69. The molecule has 0 aliphatic rings. The Balaban J connectivity index is 3.03. The number of phenolic OH excluding ortho intramolecular Hbond substituents is 2. The standard InChI is InChI=1S/C16H10Br8O2/c1-3-16(2,4-6(17)10(21)14(25)11(22)7(4)18)5-8(19)12(23)15(26)13(24)9(5)20/h25-26H,3H2,1-2H3. The quantitative estimate of drug-likeness (QED) is 0.302. The van der Waals surface area contributed by atoms with E-state index in [0.29, 0.717) is 17.9 Å². The van der Waals surface area contributed by atoms with Gasteiger partial charge in [-0.3, -0.25) is 0 Å². The lowest BCUT2D eigenvalue weighted by atomic mass is 9.74.